The van der Waals surface area contributed by atoms with Gasteiger partial charge in [0.05, 0.1) is 7.11 Å². The number of carboxylic acid groups (broad SMARTS) is 1. The fourth-order valence-corrected chi connectivity index (χ4v) is 0.548. The van der Waals surface area contributed by atoms with E-state index in [1.165, 1.54) is 0 Å². The molecule has 0 rings (SSSR count). The Balaban J connectivity index is 0. The lowest BCUT2D eigenvalue weighted by Gasteiger charge is -2.08. The standard InChI is InChI=1S/C6H10FNO4.ClH/c1-12-6(11)3(7)2-4(8)5(9)10;/h3-4H,2,8H2,1H3,(H,9,10);1H/t3-,4-;/m0./s1. The van der Waals surface area contributed by atoms with Crippen molar-refractivity contribution in [2.45, 2.75) is 18.6 Å². The number of methoxy groups -OCH3 is 1. The van der Waals surface area contributed by atoms with Gasteiger partial charge in [-0.2, -0.15) is 0 Å². The van der Waals surface area contributed by atoms with Crippen LogP contribution >= 0.6 is 12.4 Å². The SMILES string of the molecule is COC(=O)[C@@H](F)C[C@H](N)C(=O)O.Cl. The number of halogens is 2. The second kappa shape index (κ2) is 6.62. The molecule has 0 aromatic carbocycles. The summed E-state index contributed by atoms with van der Waals surface area (Å²) in [6.45, 7) is 0. The third kappa shape index (κ3) is 5.37. The van der Waals surface area contributed by atoms with Crippen molar-refractivity contribution in [3.63, 3.8) is 0 Å². The van der Waals surface area contributed by atoms with E-state index in [9.17, 15) is 14.0 Å². The Morgan fingerprint density at radius 3 is 2.38 bits per heavy atom. The van der Waals surface area contributed by atoms with Gasteiger partial charge in [-0.15, -0.1) is 12.4 Å². The first-order valence-electron chi connectivity index (χ1n) is 3.19. The zero-order valence-corrected chi connectivity index (χ0v) is 7.71. The minimum absolute atomic E-state index is 0. The fraction of sp³-hybridized carbons (Fsp3) is 0.667. The smallest absolute Gasteiger partial charge is 0.340 e. The first kappa shape index (κ1) is 14.6. The Kier molecular flexibility index (Phi) is 7.45. The second-order valence-corrected chi connectivity index (χ2v) is 2.17. The average Bonchev–Trinajstić information content (AvgIpc) is 2.02. The molecule has 5 nitrogen and oxygen atoms in total. The third-order valence-electron chi connectivity index (χ3n) is 1.24. The Bertz CT molecular complexity index is 189. The molecular weight excluding hydrogens is 205 g/mol. The molecule has 0 saturated heterocycles. The normalized spacial score (nSPS) is 13.8. The van der Waals surface area contributed by atoms with Crippen LogP contribution in [0, 0.1) is 0 Å². The van der Waals surface area contributed by atoms with E-state index in [0.717, 1.165) is 7.11 Å². The molecule has 3 N–H and O–H groups in total. The van der Waals surface area contributed by atoms with E-state index in [2.05, 4.69) is 4.74 Å². The van der Waals surface area contributed by atoms with Crippen LogP contribution in [0.2, 0.25) is 0 Å². The van der Waals surface area contributed by atoms with Gasteiger partial charge in [0, 0.05) is 6.42 Å². The number of nitrogens with two attached hydrogens (primary N) is 1. The van der Waals surface area contributed by atoms with Crippen molar-refractivity contribution in [3.05, 3.63) is 0 Å². The lowest BCUT2D eigenvalue weighted by atomic mass is 10.1. The molecule has 0 saturated carbocycles. The molecule has 0 aromatic heterocycles. The number of carbonyl (C=O) groups is 2. The Morgan fingerprint density at radius 2 is 2.08 bits per heavy atom. The van der Waals surface area contributed by atoms with E-state index < -0.39 is 30.6 Å². The Morgan fingerprint density at radius 1 is 1.62 bits per heavy atom. The molecule has 0 heterocycles. The molecule has 0 radical (unpaired) electrons. The molecular formula is C6H11ClFNO4. The fourth-order valence-electron chi connectivity index (χ4n) is 0.548. The van der Waals surface area contributed by atoms with Gasteiger partial charge in [0.15, 0.2) is 6.17 Å². The van der Waals surface area contributed by atoms with Crippen LogP contribution in [-0.4, -0.2) is 36.4 Å². The van der Waals surface area contributed by atoms with Gasteiger partial charge in [0.25, 0.3) is 0 Å². The van der Waals surface area contributed by atoms with Crippen molar-refractivity contribution >= 4 is 24.3 Å². The highest BCUT2D eigenvalue weighted by Gasteiger charge is 2.24. The van der Waals surface area contributed by atoms with Crippen LogP contribution < -0.4 is 5.73 Å². The highest BCUT2D eigenvalue weighted by atomic mass is 35.5. The molecule has 0 spiro atoms. The predicted molar refractivity (Wildman–Crippen MR) is 44.4 cm³/mol. The molecule has 7 heteroatoms. The maximum absolute atomic E-state index is 12.6. The number of hydrogen-bond acceptors (Lipinski definition) is 4. The van der Waals surface area contributed by atoms with Crippen LogP contribution in [0.4, 0.5) is 4.39 Å². The van der Waals surface area contributed by atoms with Crippen LogP contribution in [0.15, 0.2) is 0 Å². The maximum atomic E-state index is 12.6. The lowest BCUT2D eigenvalue weighted by molar-refractivity contribution is -0.147. The summed E-state index contributed by atoms with van der Waals surface area (Å²) in [6.07, 6.45) is -2.54. The van der Waals surface area contributed by atoms with Crippen LogP contribution in [0.5, 0.6) is 0 Å². The molecule has 2 atom stereocenters. The van der Waals surface area contributed by atoms with E-state index in [4.69, 9.17) is 10.8 Å². The minimum Gasteiger partial charge on any atom is -0.480 e. The number of hydrogen-bond donors (Lipinski definition) is 2. The summed E-state index contributed by atoms with van der Waals surface area (Å²) >= 11 is 0. The first-order chi connectivity index (χ1) is 5.49. The van der Waals surface area contributed by atoms with Gasteiger partial charge in [0.1, 0.15) is 6.04 Å². The second-order valence-electron chi connectivity index (χ2n) is 2.17. The summed E-state index contributed by atoms with van der Waals surface area (Å²) in [7, 11) is 1.02. The summed E-state index contributed by atoms with van der Waals surface area (Å²) in [5, 5.41) is 8.24. The summed E-state index contributed by atoms with van der Waals surface area (Å²) in [5.74, 6) is -2.45. The first-order valence-corrected chi connectivity index (χ1v) is 3.19. The molecule has 0 aromatic rings. The van der Waals surface area contributed by atoms with Crippen LogP contribution in [0.3, 0.4) is 0 Å². The summed E-state index contributed by atoms with van der Waals surface area (Å²) in [5.41, 5.74) is 4.96. The Labute approximate surface area is 80.5 Å². The van der Waals surface area contributed by atoms with Gasteiger partial charge in [-0.25, -0.2) is 9.18 Å². The highest BCUT2D eigenvalue weighted by molar-refractivity contribution is 5.85. The molecule has 0 aliphatic heterocycles. The van der Waals surface area contributed by atoms with Gasteiger partial charge in [-0.05, 0) is 0 Å². The molecule has 0 unspecified atom stereocenters. The van der Waals surface area contributed by atoms with Crippen molar-refractivity contribution in [1.29, 1.82) is 0 Å². The van der Waals surface area contributed by atoms with Gasteiger partial charge >= 0.3 is 11.9 Å². The quantitative estimate of drug-likeness (QED) is 0.630. The number of aliphatic carboxylic acids is 1. The van der Waals surface area contributed by atoms with Gasteiger partial charge < -0.3 is 15.6 Å². The number of rotatable bonds is 4. The molecule has 13 heavy (non-hydrogen) atoms. The van der Waals surface area contributed by atoms with E-state index >= 15 is 0 Å². The number of carbonyl (C=O) groups excluding carboxylic acids is 1. The minimum atomic E-state index is -1.97. The van der Waals surface area contributed by atoms with Gasteiger partial charge in [-0.1, -0.05) is 0 Å². The van der Waals surface area contributed by atoms with Crippen LogP contribution in [-0.2, 0) is 14.3 Å². The summed E-state index contributed by atoms with van der Waals surface area (Å²) in [6, 6.07) is -1.38. The van der Waals surface area contributed by atoms with E-state index in [1.807, 2.05) is 0 Å². The summed E-state index contributed by atoms with van der Waals surface area (Å²) in [4.78, 5) is 20.5. The van der Waals surface area contributed by atoms with Crippen molar-refractivity contribution in [1.82, 2.24) is 0 Å². The van der Waals surface area contributed by atoms with E-state index in [1.54, 1.807) is 0 Å². The average molecular weight is 216 g/mol. The molecule has 0 bridgehead atoms. The Hall–Kier alpha value is -0.880. The highest BCUT2D eigenvalue weighted by Crippen LogP contribution is 2.02. The van der Waals surface area contributed by atoms with Gasteiger partial charge in [-0.3, -0.25) is 4.79 Å². The molecule has 0 aliphatic rings. The topological polar surface area (TPSA) is 89.6 Å². The zero-order chi connectivity index (χ0) is 9.72. The predicted octanol–water partition coefficient (Wildman–Crippen LogP) is -0.279. The number of carboxylic acids is 1. The number of alkyl halides is 1. The summed E-state index contributed by atoms with van der Waals surface area (Å²) < 4.78 is 16.6. The van der Waals surface area contributed by atoms with Crippen LogP contribution in [0.25, 0.3) is 0 Å². The number of esters is 1. The molecule has 78 valence electrons. The van der Waals surface area contributed by atoms with Crippen molar-refractivity contribution < 1.29 is 23.8 Å². The molecule has 0 amide bonds. The van der Waals surface area contributed by atoms with Crippen molar-refractivity contribution in [2.75, 3.05) is 7.11 Å². The lowest BCUT2D eigenvalue weighted by Crippen LogP contribution is -2.35. The third-order valence-corrected chi connectivity index (χ3v) is 1.24. The van der Waals surface area contributed by atoms with Gasteiger partial charge in [0.2, 0.25) is 0 Å². The van der Waals surface area contributed by atoms with Crippen molar-refractivity contribution in [2.24, 2.45) is 5.73 Å². The van der Waals surface area contributed by atoms with Crippen molar-refractivity contribution in [3.8, 4) is 0 Å². The zero-order valence-electron chi connectivity index (χ0n) is 6.90. The van der Waals surface area contributed by atoms with Crippen LogP contribution in [0.1, 0.15) is 6.42 Å². The molecule has 0 aliphatic carbocycles. The largest absolute Gasteiger partial charge is 0.480 e. The monoisotopic (exact) mass is 215 g/mol. The van der Waals surface area contributed by atoms with E-state index in [0.29, 0.717) is 0 Å². The number of ether oxygens (including phenoxy) is 1. The maximum Gasteiger partial charge on any atom is 0.340 e. The molecule has 0 fully saturated rings. The van der Waals surface area contributed by atoms with E-state index in [-0.39, 0.29) is 12.4 Å².